The molecule has 3 heterocycles. The Morgan fingerprint density at radius 3 is 2.41 bits per heavy atom. The first kappa shape index (κ1) is 18.4. The van der Waals surface area contributed by atoms with Crippen LogP contribution in [0.15, 0.2) is 42.5 Å². The van der Waals surface area contributed by atoms with E-state index in [2.05, 4.69) is 19.1 Å². The fraction of sp³-hybridized carbons (Fsp3) is 0.304. The molecule has 6 heteroatoms. The zero-order chi connectivity index (χ0) is 20.7. The van der Waals surface area contributed by atoms with Crippen LogP contribution in [-0.2, 0) is 14.5 Å². The number of thioether (sulfide) groups is 1. The first-order chi connectivity index (χ1) is 13.7. The molecule has 148 valence electrons. The second kappa shape index (κ2) is 5.72. The SMILES string of the molecule is CC1=CC(C)(C)N2C(=O)[C@@]3(SCC(=O)N3c3ccc(F)cc3)c3cc(C)cc1c32. The highest BCUT2D eigenvalue weighted by Gasteiger charge is 2.64. The van der Waals surface area contributed by atoms with Crippen LogP contribution >= 0.6 is 11.8 Å². The van der Waals surface area contributed by atoms with Gasteiger partial charge in [0.1, 0.15) is 5.82 Å². The molecule has 3 aliphatic rings. The lowest BCUT2D eigenvalue weighted by atomic mass is 9.88. The van der Waals surface area contributed by atoms with Crippen LogP contribution in [0, 0.1) is 12.7 Å². The first-order valence-corrected chi connectivity index (χ1v) is 10.6. The topological polar surface area (TPSA) is 40.6 Å². The van der Waals surface area contributed by atoms with Gasteiger partial charge in [-0.1, -0.05) is 12.1 Å². The summed E-state index contributed by atoms with van der Waals surface area (Å²) in [5, 5.41) is 0. The van der Waals surface area contributed by atoms with Crippen molar-refractivity contribution in [1.29, 1.82) is 0 Å². The minimum Gasteiger partial charge on any atom is -0.299 e. The van der Waals surface area contributed by atoms with Gasteiger partial charge in [0.05, 0.1) is 17.0 Å². The summed E-state index contributed by atoms with van der Waals surface area (Å²) in [6, 6.07) is 9.92. The molecule has 5 rings (SSSR count). The number of amides is 2. The van der Waals surface area contributed by atoms with Crippen LogP contribution in [0.25, 0.3) is 5.57 Å². The number of carbonyl (C=O) groups excluding carboxylic acids is 2. The molecule has 2 amide bonds. The number of rotatable bonds is 1. The van der Waals surface area contributed by atoms with E-state index in [-0.39, 0.29) is 23.4 Å². The van der Waals surface area contributed by atoms with Gasteiger partial charge in [0, 0.05) is 16.8 Å². The van der Waals surface area contributed by atoms with Crippen LogP contribution in [0.5, 0.6) is 0 Å². The maximum absolute atomic E-state index is 14.0. The van der Waals surface area contributed by atoms with Crippen LogP contribution in [0.4, 0.5) is 15.8 Å². The smallest absolute Gasteiger partial charge is 0.269 e. The summed E-state index contributed by atoms with van der Waals surface area (Å²) in [6.45, 7) is 8.11. The molecule has 0 bridgehead atoms. The fourth-order valence-corrected chi connectivity index (χ4v) is 6.24. The number of fused-ring (bicyclic) bond motifs is 1. The predicted octanol–water partition coefficient (Wildman–Crippen LogP) is 4.61. The summed E-state index contributed by atoms with van der Waals surface area (Å²) in [6.07, 6.45) is 2.11. The molecule has 2 aromatic carbocycles. The predicted molar refractivity (Wildman–Crippen MR) is 114 cm³/mol. The Labute approximate surface area is 173 Å². The van der Waals surface area contributed by atoms with Crippen LogP contribution < -0.4 is 9.80 Å². The van der Waals surface area contributed by atoms with E-state index in [1.54, 1.807) is 17.0 Å². The van der Waals surface area contributed by atoms with Crippen molar-refractivity contribution in [3.8, 4) is 0 Å². The van der Waals surface area contributed by atoms with E-state index in [0.717, 1.165) is 28.0 Å². The van der Waals surface area contributed by atoms with Gasteiger partial charge in [0.2, 0.25) is 10.8 Å². The Morgan fingerprint density at radius 1 is 1.03 bits per heavy atom. The van der Waals surface area contributed by atoms with Gasteiger partial charge in [0.25, 0.3) is 5.91 Å². The van der Waals surface area contributed by atoms with Gasteiger partial charge in [-0.05, 0) is 69.2 Å². The van der Waals surface area contributed by atoms with Gasteiger partial charge in [-0.15, -0.1) is 11.8 Å². The number of allylic oxidation sites excluding steroid dienone is 1. The molecule has 4 nitrogen and oxygen atoms in total. The monoisotopic (exact) mass is 408 g/mol. The number of benzene rings is 2. The fourth-order valence-electron chi connectivity index (χ4n) is 4.91. The van der Waals surface area contributed by atoms with Gasteiger partial charge >= 0.3 is 0 Å². The lowest BCUT2D eigenvalue weighted by molar-refractivity contribution is -0.124. The zero-order valence-electron chi connectivity index (χ0n) is 16.7. The zero-order valence-corrected chi connectivity index (χ0v) is 17.6. The summed E-state index contributed by atoms with van der Waals surface area (Å²) in [5.74, 6) is -0.438. The van der Waals surface area contributed by atoms with E-state index >= 15 is 0 Å². The quantitative estimate of drug-likeness (QED) is 0.692. The Bertz CT molecular complexity index is 1120. The van der Waals surface area contributed by atoms with E-state index in [0.29, 0.717) is 5.69 Å². The average Bonchev–Trinajstić information content (AvgIpc) is 3.11. The molecular weight excluding hydrogens is 387 g/mol. The highest BCUT2D eigenvalue weighted by atomic mass is 32.2. The third-order valence-electron chi connectivity index (χ3n) is 5.96. The molecule has 29 heavy (non-hydrogen) atoms. The van der Waals surface area contributed by atoms with Crippen molar-refractivity contribution >= 4 is 40.5 Å². The highest BCUT2D eigenvalue weighted by molar-refractivity contribution is 8.02. The highest BCUT2D eigenvalue weighted by Crippen LogP contribution is 2.60. The molecule has 1 fully saturated rings. The second-order valence-electron chi connectivity index (χ2n) is 8.47. The largest absolute Gasteiger partial charge is 0.299 e. The van der Waals surface area contributed by atoms with Crippen LogP contribution in [0.2, 0.25) is 0 Å². The first-order valence-electron chi connectivity index (χ1n) is 9.59. The molecule has 2 aromatic rings. The molecule has 1 saturated heterocycles. The van der Waals surface area contributed by atoms with E-state index in [1.807, 2.05) is 31.7 Å². The van der Waals surface area contributed by atoms with Crippen molar-refractivity contribution in [3.05, 3.63) is 65.0 Å². The molecule has 1 atom stereocenters. The Balaban J connectivity index is 1.82. The molecule has 0 aromatic heterocycles. The molecule has 3 aliphatic heterocycles. The van der Waals surface area contributed by atoms with Gasteiger partial charge in [-0.25, -0.2) is 4.39 Å². The minimum absolute atomic E-state index is 0.117. The van der Waals surface area contributed by atoms with Crippen LogP contribution in [0.3, 0.4) is 0 Å². The van der Waals surface area contributed by atoms with Crippen molar-refractivity contribution in [3.63, 3.8) is 0 Å². The van der Waals surface area contributed by atoms with Crippen LogP contribution in [0.1, 0.15) is 37.5 Å². The van der Waals surface area contributed by atoms with Crippen molar-refractivity contribution in [1.82, 2.24) is 0 Å². The molecule has 0 unspecified atom stereocenters. The van der Waals surface area contributed by atoms with Gasteiger partial charge in [0.15, 0.2) is 0 Å². The van der Waals surface area contributed by atoms with E-state index in [9.17, 15) is 14.0 Å². The van der Waals surface area contributed by atoms with E-state index < -0.39 is 10.4 Å². The Kier molecular flexibility index (Phi) is 3.64. The number of hydrogen-bond acceptors (Lipinski definition) is 3. The number of halogens is 1. The summed E-state index contributed by atoms with van der Waals surface area (Å²) in [4.78, 5) is 29.3. The summed E-state index contributed by atoms with van der Waals surface area (Å²) >= 11 is 1.35. The average molecular weight is 408 g/mol. The lowest BCUT2D eigenvalue weighted by Gasteiger charge is -2.40. The number of carbonyl (C=O) groups is 2. The Morgan fingerprint density at radius 2 is 1.72 bits per heavy atom. The molecule has 0 radical (unpaired) electrons. The van der Waals surface area contributed by atoms with Crippen molar-refractivity contribution in [2.24, 2.45) is 0 Å². The molecule has 0 N–H and O–H groups in total. The standard InChI is InChI=1S/C23H21FN2O2S/c1-13-9-17-14(2)11-22(3,4)26-20(17)18(10-13)23(21(26)28)25(19(27)12-29-23)16-7-5-15(24)6-8-16/h5-11H,12H2,1-4H3/t23-/m0/s1. The van der Waals surface area contributed by atoms with Gasteiger partial charge in [-0.3, -0.25) is 19.4 Å². The maximum Gasteiger partial charge on any atom is 0.269 e. The summed E-state index contributed by atoms with van der Waals surface area (Å²) in [7, 11) is 0. The normalized spacial score (nSPS) is 24.4. The number of aryl methyl sites for hydroxylation is 1. The third-order valence-corrected chi connectivity index (χ3v) is 7.35. The third kappa shape index (κ3) is 2.26. The van der Waals surface area contributed by atoms with Gasteiger partial charge in [-0.2, -0.15) is 0 Å². The van der Waals surface area contributed by atoms with E-state index in [1.165, 1.54) is 23.9 Å². The van der Waals surface area contributed by atoms with Crippen molar-refractivity contribution < 1.29 is 14.0 Å². The lowest BCUT2D eigenvalue weighted by Crippen LogP contribution is -2.54. The van der Waals surface area contributed by atoms with E-state index in [4.69, 9.17) is 0 Å². The van der Waals surface area contributed by atoms with Crippen molar-refractivity contribution in [2.75, 3.05) is 15.6 Å². The Hall–Kier alpha value is -2.60. The molecule has 0 aliphatic carbocycles. The maximum atomic E-state index is 14.0. The summed E-state index contributed by atoms with van der Waals surface area (Å²) < 4.78 is 13.5. The summed E-state index contributed by atoms with van der Waals surface area (Å²) in [5.41, 5.74) is 4.95. The molecule has 1 spiro atoms. The number of hydrogen-bond donors (Lipinski definition) is 0. The number of anilines is 2. The number of nitrogens with zero attached hydrogens (tertiary/aromatic N) is 2. The van der Waals surface area contributed by atoms with Crippen LogP contribution in [-0.4, -0.2) is 23.1 Å². The van der Waals surface area contributed by atoms with Crippen molar-refractivity contribution in [2.45, 2.75) is 38.1 Å². The second-order valence-corrected chi connectivity index (χ2v) is 9.64. The van der Waals surface area contributed by atoms with Gasteiger partial charge < -0.3 is 0 Å². The minimum atomic E-state index is -1.17. The molecule has 0 saturated carbocycles. The molecular formula is C23H21FN2O2S.